The fraction of sp³-hybridized carbons (Fsp3) is 0.750. The molecule has 2 fully saturated rings. The number of unbranched alkanes of at least 4 members (excludes halogenated alkanes) is 1. The fourth-order valence-electron chi connectivity index (χ4n) is 5.77. The summed E-state index contributed by atoms with van der Waals surface area (Å²) in [6, 6.07) is 4.02. The van der Waals surface area contributed by atoms with Gasteiger partial charge in [-0.15, -0.1) is 0 Å². The molecule has 1 aliphatic heterocycles. The average molecular weight is 619 g/mol. The summed E-state index contributed by atoms with van der Waals surface area (Å²) < 4.78 is 26.3. The number of benzene rings is 1. The summed E-state index contributed by atoms with van der Waals surface area (Å²) in [5, 5.41) is 26.6. The van der Waals surface area contributed by atoms with E-state index in [-0.39, 0.29) is 58.0 Å². The van der Waals surface area contributed by atoms with Crippen LogP contribution in [0.1, 0.15) is 63.4 Å². The molecule has 10 heteroatoms. The normalized spacial score (nSPS) is 22.4. The number of nitrogens with one attached hydrogen (secondary N) is 1. The topological polar surface area (TPSA) is 91.3 Å². The summed E-state index contributed by atoms with van der Waals surface area (Å²) in [6.07, 6.45) is 6.86. The van der Waals surface area contributed by atoms with Gasteiger partial charge in [-0.3, -0.25) is 0 Å². The summed E-state index contributed by atoms with van der Waals surface area (Å²) in [5.74, 6) is -0.159. The van der Waals surface area contributed by atoms with E-state index >= 15 is 4.39 Å². The number of urea groups is 1. The molecule has 0 spiro atoms. The summed E-state index contributed by atoms with van der Waals surface area (Å²) in [7, 11) is 1.62. The Bertz CT molecular complexity index is 878. The molecule has 1 aromatic carbocycles. The molecule has 38 heavy (non-hydrogen) atoms. The summed E-state index contributed by atoms with van der Waals surface area (Å²) in [5.41, 5.74) is 0.556. The zero-order chi connectivity index (χ0) is 27.5. The molecule has 1 saturated heterocycles. The van der Waals surface area contributed by atoms with Crippen molar-refractivity contribution in [3.63, 3.8) is 0 Å². The number of aliphatic hydroxyl groups is 2. The van der Waals surface area contributed by atoms with Gasteiger partial charge in [-0.2, -0.15) is 0 Å². The quantitative estimate of drug-likeness (QED) is 0.224. The molecule has 216 valence electrons. The zero-order valence-electron chi connectivity index (χ0n) is 22.8. The maximum atomic E-state index is 15.1. The van der Waals surface area contributed by atoms with Crippen molar-refractivity contribution in [1.82, 2.24) is 10.2 Å². The molecule has 5 unspecified atom stereocenters. The van der Waals surface area contributed by atoms with Crippen LogP contribution in [-0.4, -0.2) is 88.6 Å². The number of morpholine rings is 1. The van der Waals surface area contributed by atoms with Crippen molar-refractivity contribution in [2.24, 2.45) is 5.92 Å². The Labute approximate surface area is 238 Å². The maximum absolute atomic E-state index is 15.1. The molecule has 0 aromatic heterocycles. The van der Waals surface area contributed by atoms with E-state index in [0.29, 0.717) is 31.9 Å². The molecule has 3 rings (SSSR count). The number of nitrogens with zero attached hydrogens (tertiary/aromatic N) is 1. The summed E-state index contributed by atoms with van der Waals surface area (Å²) in [4.78, 5) is 15.1. The van der Waals surface area contributed by atoms with Crippen LogP contribution in [0.3, 0.4) is 0 Å². The van der Waals surface area contributed by atoms with Crippen LogP contribution < -0.4 is 5.32 Å². The third-order valence-corrected chi connectivity index (χ3v) is 9.99. The first-order chi connectivity index (χ1) is 18.3. The summed E-state index contributed by atoms with van der Waals surface area (Å²) >= 11 is 5.82. The van der Waals surface area contributed by atoms with Crippen LogP contribution in [0.25, 0.3) is 0 Å². The monoisotopic (exact) mass is 618 g/mol. The van der Waals surface area contributed by atoms with Gasteiger partial charge in [0.25, 0.3) is 0 Å². The van der Waals surface area contributed by atoms with Gasteiger partial charge in [0.15, 0.2) is 0 Å². The van der Waals surface area contributed by atoms with Crippen LogP contribution in [0.4, 0.5) is 9.18 Å². The third kappa shape index (κ3) is 8.55. The molecule has 5 atom stereocenters. The van der Waals surface area contributed by atoms with Gasteiger partial charge in [0.2, 0.25) is 0 Å². The molecule has 0 bridgehead atoms. The molecule has 1 aromatic rings. The molecule has 1 aliphatic carbocycles. The molecule has 2 amide bonds. The Morgan fingerprint density at radius 3 is 2.82 bits per heavy atom. The van der Waals surface area contributed by atoms with Crippen LogP contribution in [0.15, 0.2) is 18.2 Å². The zero-order valence-corrected chi connectivity index (χ0v) is 25.6. The minimum absolute atomic E-state index is 0.0677. The van der Waals surface area contributed by atoms with E-state index in [4.69, 9.17) is 21.1 Å². The van der Waals surface area contributed by atoms with Crippen LogP contribution in [0, 0.1) is 11.7 Å². The van der Waals surface area contributed by atoms with Crippen molar-refractivity contribution >= 4 is 33.4 Å². The Kier molecular flexibility index (Phi) is 13.1. The molecule has 0 radical (unpaired) electrons. The number of amides is 2. The molecule has 3 N–H and O–H groups in total. The van der Waals surface area contributed by atoms with Crippen LogP contribution in [0.5, 0.6) is 0 Å². The first-order valence-corrected chi connectivity index (χ1v) is 17.9. The first-order valence-electron chi connectivity index (χ1n) is 14.0. The van der Waals surface area contributed by atoms with Crippen LogP contribution in [-0.2, 0) is 15.1 Å². The number of hydrogen-bond acceptors (Lipinski definition) is 5. The van der Waals surface area contributed by atoms with E-state index in [9.17, 15) is 15.0 Å². The molecule has 2 aliphatic rings. The number of ether oxygens (including phenoxy) is 2. The molecule has 1 saturated carbocycles. The van der Waals surface area contributed by atoms with Gasteiger partial charge in [0.1, 0.15) is 0 Å². The number of methoxy groups -OCH3 is 1. The van der Waals surface area contributed by atoms with Crippen molar-refractivity contribution in [1.29, 1.82) is 0 Å². The predicted octanol–water partition coefficient (Wildman–Crippen LogP) is 4.50. The number of halogens is 2. The van der Waals surface area contributed by atoms with Crippen molar-refractivity contribution in [2.45, 2.75) is 92.6 Å². The average Bonchev–Trinajstić information content (AvgIpc) is 2.93. The van der Waals surface area contributed by atoms with E-state index in [1.807, 2.05) is 0 Å². The van der Waals surface area contributed by atoms with Gasteiger partial charge in [-0.1, -0.05) is 11.6 Å². The van der Waals surface area contributed by atoms with Crippen molar-refractivity contribution in [3.8, 4) is 0 Å². The molecular formula is C28H45AsClFN2O5. The number of aliphatic hydroxyl groups excluding tert-OH is 1. The van der Waals surface area contributed by atoms with E-state index in [2.05, 4.69) is 11.0 Å². The van der Waals surface area contributed by atoms with Crippen molar-refractivity contribution in [2.75, 3.05) is 33.4 Å². The molecular weight excluding hydrogens is 574 g/mol. The Balaban J connectivity index is 1.75. The number of carbonyl (C=O) groups excluding carboxylic acids is 1. The van der Waals surface area contributed by atoms with Gasteiger partial charge < -0.3 is 4.74 Å². The fourth-order valence-corrected chi connectivity index (χ4v) is 7.42. The van der Waals surface area contributed by atoms with Crippen molar-refractivity contribution < 1.29 is 28.9 Å². The van der Waals surface area contributed by atoms with E-state index in [1.54, 1.807) is 18.1 Å². The Morgan fingerprint density at radius 2 is 2.11 bits per heavy atom. The Morgan fingerprint density at radius 1 is 1.34 bits per heavy atom. The number of hydrogen-bond donors (Lipinski definition) is 3. The first kappa shape index (κ1) is 31.6. The van der Waals surface area contributed by atoms with E-state index in [0.717, 1.165) is 24.5 Å². The van der Waals surface area contributed by atoms with E-state index in [1.165, 1.54) is 31.4 Å². The van der Waals surface area contributed by atoms with Gasteiger partial charge >= 0.3 is 203 Å². The van der Waals surface area contributed by atoms with Crippen LogP contribution in [0.2, 0.25) is 15.9 Å². The Hall–Kier alpha value is -0.892. The third-order valence-electron chi connectivity index (χ3n) is 7.96. The van der Waals surface area contributed by atoms with Crippen molar-refractivity contribution in [3.05, 3.63) is 34.6 Å². The molecule has 1 heterocycles. The second-order valence-electron chi connectivity index (χ2n) is 10.7. The van der Waals surface area contributed by atoms with Gasteiger partial charge in [0.05, 0.1) is 0 Å². The second kappa shape index (κ2) is 15.8. The van der Waals surface area contributed by atoms with Crippen LogP contribution >= 0.6 is 11.6 Å². The van der Waals surface area contributed by atoms with Gasteiger partial charge in [0, 0.05) is 13.7 Å². The number of rotatable bonds is 13. The summed E-state index contributed by atoms with van der Waals surface area (Å²) in [6.45, 7) is 1.21. The van der Waals surface area contributed by atoms with Gasteiger partial charge in [-0.25, -0.2) is 0 Å². The van der Waals surface area contributed by atoms with Gasteiger partial charge in [-0.05, 0) is 6.07 Å². The van der Waals surface area contributed by atoms with E-state index < -0.39 is 23.6 Å². The molecule has 7 nitrogen and oxygen atoms in total. The standard InChI is InChI=1S/C28H45AsClFN2O5/c1-29-18-24(34)23(17-20-9-4-3-5-10-20)32-27(35)33-14-16-38-25(19-33)28(36,13-6-7-15-37-2)21-11-8-12-22(30)26(21)31/h8,11-12,20,23-25,29,34,36H,3-7,9-10,13-19H2,1-2H3,(H,32,35). The second-order valence-corrected chi connectivity index (χ2v) is 13.4. The number of carbonyl (C=O) groups is 1. The predicted molar refractivity (Wildman–Crippen MR) is 150 cm³/mol. The minimum atomic E-state index is -1.67. The SMILES string of the molecule is COCCCCC(O)(c1cccc(Cl)c1F)C1CN(C(=O)NC(CC2CCCCC2)C(O)C[AsH]C)CCO1.